The topological polar surface area (TPSA) is 25.8 Å². The van der Waals surface area contributed by atoms with E-state index in [0.29, 0.717) is 10.0 Å². The summed E-state index contributed by atoms with van der Waals surface area (Å²) in [5.41, 5.74) is -0.296. The summed E-state index contributed by atoms with van der Waals surface area (Å²) in [5, 5.41) is 0. The number of alkyl halides is 3. The predicted molar refractivity (Wildman–Crippen MR) is 60.2 cm³/mol. The maximum absolute atomic E-state index is 12.9. The molecule has 88 valence electrons. The SMILES string of the molecule is FC(F)(F)c1cc(Br)ccc1-c1cncnc1. The van der Waals surface area contributed by atoms with Crippen LogP contribution in [0.25, 0.3) is 11.1 Å². The van der Waals surface area contributed by atoms with Crippen LogP contribution in [0.1, 0.15) is 5.56 Å². The lowest BCUT2D eigenvalue weighted by atomic mass is 10.0. The van der Waals surface area contributed by atoms with Crippen molar-refractivity contribution >= 4 is 15.9 Å². The van der Waals surface area contributed by atoms with E-state index in [-0.39, 0.29) is 5.56 Å². The Kier molecular flexibility index (Phi) is 3.15. The maximum Gasteiger partial charge on any atom is 0.417 e. The Bertz CT molecular complexity index is 526. The van der Waals surface area contributed by atoms with Crippen LogP contribution in [-0.4, -0.2) is 9.97 Å². The monoisotopic (exact) mass is 302 g/mol. The first-order chi connectivity index (χ1) is 7.98. The summed E-state index contributed by atoms with van der Waals surface area (Å²) in [6.45, 7) is 0. The van der Waals surface area contributed by atoms with Gasteiger partial charge in [-0.2, -0.15) is 13.2 Å². The quantitative estimate of drug-likeness (QED) is 0.798. The fourth-order valence-corrected chi connectivity index (χ4v) is 1.80. The van der Waals surface area contributed by atoms with Gasteiger partial charge in [-0.05, 0) is 17.7 Å². The fourth-order valence-electron chi connectivity index (χ4n) is 1.44. The van der Waals surface area contributed by atoms with Gasteiger partial charge in [-0.15, -0.1) is 0 Å². The van der Waals surface area contributed by atoms with Crippen molar-refractivity contribution in [2.24, 2.45) is 0 Å². The van der Waals surface area contributed by atoms with Gasteiger partial charge in [0.2, 0.25) is 0 Å². The number of aromatic nitrogens is 2. The van der Waals surface area contributed by atoms with Crippen LogP contribution in [-0.2, 0) is 6.18 Å². The highest BCUT2D eigenvalue weighted by Crippen LogP contribution is 2.38. The molecular weight excluding hydrogens is 297 g/mol. The molecule has 0 aliphatic heterocycles. The molecule has 1 aromatic carbocycles. The molecule has 0 radical (unpaired) electrons. The number of halogens is 4. The Morgan fingerprint density at radius 2 is 1.71 bits per heavy atom. The molecule has 0 N–H and O–H groups in total. The van der Waals surface area contributed by atoms with Crippen LogP contribution >= 0.6 is 15.9 Å². The Morgan fingerprint density at radius 1 is 1.06 bits per heavy atom. The van der Waals surface area contributed by atoms with Gasteiger partial charge in [-0.1, -0.05) is 22.0 Å². The molecular formula is C11H6BrF3N2. The van der Waals surface area contributed by atoms with E-state index in [4.69, 9.17) is 0 Å². The summed E-state index contributed by atoms with van der Waals surface area (Å²) in [6, 6.07) is 3.99. The lowest BCUT2D eigenvalue weighted by molar-refractivity contribution is -0.137. The second-order valence-electron chi connectivity index (χ2n) is 3.31. The number of nitrogens with zero attached hydrogens (tertiary/aromatic N) is 2. The van der Waals surface area contributed by atoms with Gasteiger partial charge in [0, 0.05) is 22.4 Å². The molecule has 1 aromatic heterocycles. The molecule has 0 aliphatic rings. The van der Waals surface area contributed by atoms with E-state index in [1.54, 1.807) is 6.07 Å². The van der Waals surface area contributed by atoms with E-state index in [1.165, 1.54) is 24.8 Å². The summed E-state index contributed by atoms with van der Waals surface area (Å²) in [7, 11) is 0. The molecule has 2 nitrogen and oxygen atoms in total. The van der Waals surface area contributed by atoms with Crippen molar-refractivity contribution in [3.63, 3.8) is 0 Å². The molecule has 0 fully saturated rings. The van der Waals surface area contributed by atoms with Crippen molar-refractivity contribution in [1.29, 1.82) is 0 Å². The van der Waals surface area contributed by atoms with E-state index < -0.39 is 11.7 Å². The van der Waals surface area contributed by atoms with Crippen molar-refractivity contribution in [1.82, 2.24) is 9.97 Å². The fraction of sp³-hybridized carbons (Fsp3) is 0.0909. The van der Waals surface area contributed by atoms with Gasteiger partial charge < -0.3 is 0 Å². The normalized spacial score (nSPS) is 11.5. The van der Waals surface area contributed by atoms with Crippen LogP contribution < -0.4 is 0 Å². The molecule has 17 heavy (non-hydrogen) atoms. The van der Waals surface area contributed by atoms with Crippen molar-refractivity contribution in [3.05, 3.63) is 47.0 Å². The molecule has 0 bridgehead atoms. The molecule has 0 aliphatic carbocycles. The van der Waals surface area contributed by atoms with Gasteiger partial charge in [0.25, 0.3) is 0 Å². The standard InChI is InChI=1S/C11H6BrF3N2/c12-8-1-2-9(7-4-16-6-17-5-7)10(3-8)11(13,14)15/h1-6H. The van der Waals surface area contributed by atoms with E-state index >= 15 is 0 Å². The maximum atomic E-state index is 12.9. The first kappa shape index (κ1) is 12.0. The summed E-state index contributed by atoms with van der Waals surface area (Å²) in [6.07, 6.45) is -0.429. The van der Waals surface area contributed by atoms with Crippen molar-refractivity contribution in [3.8, 4) is 11.1 Å². The molecule has 6 heteroatoms. The average Bonchev–Trinajstić information content (AvgIpc) is 2.29. The Hall–Kier alpha value is -1.43. The van der Waals surface area contributed by atoms with Crippen LogP contribution in [0.5, 0.6) is 0 Å². The molecule has 0 atom stereocenters. The summed E-state index contributed by atoms with van der Waals surface area (Å²) >= 11 is 3.03. The van der Waals surface area contributed by atoms with Gasteiger partial charge in [0.05, 0.1) is 5.56 Å². The van der Waals surface area contributed by atoms with Gasteiger partial charge in [0.15, 0.2) is 0 Å². The minimum Gasteiger partial charge on any atom is -0.244 e. The molecule has 0 amide bonds. The van der Waals surface area contributed by atoms with E-state index in [2.05, 4.69) is 25.9 Å². The number of hydrogen-bond acceptors (Lipinski definition) is 2. The van der Waals surface area contributed by atoms with Crippen LogP contribution in [0.4, 0.5) is 13.2 Å². The third-order valence-electron chi connectivity index (χ3n) is 2.16. The highest BCUT2D eigenvalue weighted by molar-refractivity contribution is 9.10. The van der Waals surface area contributed by atoms with Crippen LogP contribution in [0.2, 0.25) is 0 Å². The highest BCUT2D eigenvalue weighted by atomic mass is 79.9. The summed E-state index contributed by atoms with van der Waals surface area (Å²) in [4.78, 5) is 7.43. The van der Waals surface area contributed by atoms with Crippen molar-refractivity contribution in [2.45, 2.75) is 6.18 Å². The zero-order valence-electron chi connectivity index (χ0n) is 8.37. The Morgan fingerprint density at radius 3 is 2.29 bits per heavy atom. The third-order valence-corrected chi connectivity index (χ3v) is 2.65. The molecule has 0 saturated carbocycles. The minimum absolute atomic E-state index is 0.0706. The van der Waals surface area contributed by atoms with Crippen molar-refractivity contribution < 1.29 is 13.2 Å². The molecule has 1 heterocycles. The van der Waals surface area contributed by atoms with Gasteiger partial charge in [-0.25, -0.2) is 9.97 Å². The predicted octanol–water partition coefficient (Wildman–Crippen LogP) is 3.92. The van der Waals surface area contributed by atoms with Gasteiger partial charge in [0.1, 0.15) is 6.33 Å². The lowest BCUT2D eigenvalue weighted by Gasteiger charge is -2.12. The van der Waals surface area contributed by atoms with Crippen LogP contribution in [0, 0.1) is 0 Å². The second-order valence-corrected chi connectivity index (χ2v) is 4.23. The summed E-state index contributed by atoms with van der Waals surface area (Å²) < 4.78 is 38.9. The molecule has 0 unspecified atom stereocenters. The zero-order valence-corrected chi connectivity index (χ0v) is 9.96. The second kappa shape index (κ2) is 4.44. The lowest BCUT2D eigenvalue weighted by Crippen LogP contribution is -2.07. The first-order valence-electron chi connectivity index (χ1n) is 4.60. The molecule has 0 spiro atoms. The average molecular weight is 303 g/mol. The number of benzene rings is 1. The van der Waals surface area contributed by atoms with E-state index in [1.807, 2.05) is 0 Å². The number of rotatable bonds is 1. The van der Waals surface area contributed by atoms with E-state index in [9.17, 15) is 13.2 Å². The van der Waals surface area contributed by atoms with Crippen LogP contribution in [0.3, 0.4) is 0 Å². The zero-order chi connectivity index (χ0) is 12.5. The van der Waals surface area contributed by atoms with Gasteiger partial charge in [-0.3, -0.25) is 0 Å². The Balaban J connectivity index is 2.63. The van der Waals surface area contributed by atoms with Gasteiger partial charge >= 0.3 is 6.18 Å². The van der Waals surface area contributed by atoms with E-state index in [0.717, 1.165) is 6.07 Å². The highest BCUT2D eigenvalue weighted by Gasteiger charge is 2.33. The minimum atomic E-state index is -4.41. The molecule has 2 rings (SSSR count). The smallest absolute Gasteiger partial charge is 0.244 e. The Labute approximate surface area is 104 Å². The molecule has 2 aromatic rings. The third kappa shape index (κ3) is 2.63. The molecule has 0 saturated heterocycles. The first-order valence-corrected chi connectivity index (χ1v) is 5.40. The van der Waals surface area contributed by atoms with Crippen molar-refractivity contribution in [2.75, 3.05) is 0 Å². The van der Waals surface area contributed by atoms with Crippen LogP contribution in [0.15, 0.2) is 41.4 Å². The largest absolute Gasteiger partial charge is 0.417 e. The number of hydrogen-bond donors (Lipinski definition) is 0. The summed E-state index contributed by atoms with van der Waals surface area (Å²) in [5.74, 6) is 0.